The molecule has 1 atom stereocenters. The number of hydrogen-bond acceptors (Lipinski definition) is 3. The van der Waals surface area contributed by atoms with Crippen LogP contribution in [0.1, 0.15) is 40.2 Å². The third-order valence-corrected chi connectivity index (χ3v) is 4.55. The number of benzene rings is 1. The lowest BCUT2D eigenvalue weighted by atomic mass is 9.68. The van der Waals surface area contributed by atoms with Gasteiger partial charge in [0, 0.05) is 28.4 Å². The normalized spacial score (nSPS) is 13.7. The van der Waals surface area contributed by atoms with Gasteiger partial charge in [-0.05, 0) is 35.2 Å². The Morgan fingerprint density at radius 2 is 1.78 bits per heavy atom. The van der Waals surface area contributed by atoms with E-state index in [-0.39, 0.29) is 16.9 Å². The summed E-state index contributed by atoms with van der Waals surface area (Å²) in [5.41, 5.74) is 8.41. The monoisotopic (exact) mass is 331 g/mol. The Balaban J connectivity index is 2.19. The number of nitrogens with two attached hydrogens (primary N) is 1. The smallest absolute Gasteiger partial charge is 0.130 e. The van der Waals surface area contributed by atoms with Gasteiger partial charge in [-0.15, -0.1) is 0 Å². The predicted octanol–water partition coefficient (Wildman–Crippen LogP) is 5.13. The number of pyridine rings is 1. The van der Waals surface area contributed by atoms with Crippen LogP contribution in [0.3, 0.4) is 0 Å². The molecule has 23 heavy (non-hydrogen) atoms. The summed E-state index contributed by atoms with van der Waals surface area (Å²) in [5.74, 6) is 0.788. The van der Waals surface area contributed by atoms with Crippen molar-refractivity contribution < 1.29 is 0 Å². The summed E-state index contributed by atoms with van der Waals surface area (Å²) in [6.45, 7) is 10.8. The van der Waals surface area contributed by atoms with Gasteiger partial charge in [0.05, 0.1) is 0 Å². The van der Waals surface area contributed by atoms with Gasteiger partial charge in [0.15, 0.2) is 0 Å². The Bertz CT molecular complexity index is 657. The van der Waals surface area contributed by atoms with Crippen molar-refractivity contribution in [2.45, 2.75) is 46.1 Å². The third-order valence-electron chi connectivity index (χ3n) is 4.32. The fourth-order valence-corrected chi connectivity index (χ4v) is 3.02. The van der Waals surface area contributed by atoms with Crippen LogP contribution in [0.5, 0.6) is 0 Å². The standard InChI is InChI=1S/C19H26ClN3/c1-18(2,3)17(21)19(4,5)13-9-10-16(22-12-13)23-15-8-6-7-14(20)11-15/h6-12,17H,21H2,1-5H3,(H,22,23). The molecule has 0 saturated heterocycles. The number of nitrogens with zero attached hydrogens (tertiary/aromatic N) is 1. The molecule has 1 unspecified atom stereocenters. The highest BCUT2D eigenvalue weighted by molar-refractivity contribution is 6.30. The molecule has 3 N–H and O–H groups in total. The maximum absolute atomic E-state index is 6.48. The van der Waals surface area contributed by atoms with Gasteiger partial charge in [-0.25, -0.2) is 4.98 Å². The first-order valence-electron chi connectivity index (χ1n) is 7.85. The fourth-order valence-electron chi connectivity index (χ4n) is 2.83. The SMILES string of the molecule is CC(C)(C)C(N)C(C)(C)c1ccc(Nc2cccc(Cl)c2)nc1. The maximum atomic E-state index is 6.48. The van der Waals surface area contributed by atoms with E-state index in [4.69, 9.17) is 17.3 Å². The van der Waals surface area contributed by atoms with Crippen molar-refractivity contribution in [3.05, 3.63) is 53.2 Å². The molecule has 2 rings (SSSR count). The number of aromatic nitrogens is 1. The molecule has 0 spiro atoms. The fraction of sp³-hybridized carbons (Fsp3) is 0.421. The molecule has 0 fully saturated rings. The van der Waals surface area contributed by atoms with E-state index < -0.39 is 0 Å². The van der Waals surface area contributed by atoms with Crippen LogP contribution in [0.2, 0.25) is 5.02 Å². The second-order valence-corrected chi connectivity index (χ2v) is 8.07. The summed E-state index contributed by atoms with van der Waals surface area (Å²) < 4.78 is 0. The van der Waals surface area contributed by atoms with Crippen molar-refractivity contribution in [2.75, 3.05) is 5.32 Å². The number of anilines is 2. The molecule has 2 aromatic rings. The third kappa shape index (κ3) is 4.24. The minimum absolute atomic E-state index is 0.0290. The summed E-state index contributed by atoms with van der Waals surface area (Å²) >= 11 is 6.00. The van der Waals surface area contributed by atoms with Crippen LogP contribution in [-0.4, -0.2) is 11.0 Å². The van der Waals surface area contributed by atoms with Crippen LogP contribution in [0.4, 0.5) is 11.5 Å². The van der Waals surface area contributed by atoms with E-state index in [1.54, 1.807) is 0 Å². The predicted molar refractivity (Wildman–Crippen MR) is 99.4 cm³/mol. The minimum atomic E-state index is -0.153. The van der Waals surface area contributed by atoms with Crippen molar-refractivity contribution in [1.29, 1.82) is 0 Å². The van der Waals surface area contributed by atoms with E-state index >= 15 is 0 Å². The van der Waals surface area contributed by atoms with Crippen LogP contribution in [-0.2, 0) is 5.41 Å². The number of halogens is 1. The van der Waals surface area contributed by atoms with Crippen molar-refractivity contribution in [3.63, 3.8) is 0 Å². The molecule has 124 valence electrons. The molecule has 0 aliphatic heterocycles. The Hall–Kier alpha value is -1.58. The van der Waals surface area contributed by atoms with E-state index in [1.807, 2.05) is 36.5 Å². The molecule has 0 amide bonds. The summed E-state index contributed by atoms with van der Waals surface area (Å²) in [6, 6.07) is 11.7. The first-order valence-corrected chi connectivity index (χ1v) is 8.23. The number of hydrogen-bond donors (Lipinski definition) is 2. The van der Waals surface area contributed by atoms with Gasteiger partial charge in [0.25, 0.3) is 0 Å². The summed E-state index contributed by atoms with van der Waals surface area (Å²) in [4.78, 5) is 4.52. The van der Waals surface area contributed by atoms with Gasteiger partial charge < -0.3 is 11.1 Å². The van der Waals surface area contributed by atoms with Gasteiger partial charge in [-0.1, -0.05) is 58.4 Å². The van der Waals surface area contributed by atoms with Crippen molar-refractivity contribution >= 4 is 23.1 Å². The Labute approximate surface area is 144 Å². The van der Waals surface area contributed by atoms with Crippen LogP contribution in [0, 0.1) is 5.41 Å². The summed E-state index contributed by atoms with van der Waals surface area (Å²) in [6.07, 6.45) is 1.90. The highest BCUT2D eigenvalue weighted by Crippen LogP contribution is 2.35. The van der Waals surface area contributed by atoms with Crippen LogP contribution < -0.4 is 11.1 Å². The quantitative estimate of drug-likeness (QED) is 0.816. The summed E-state index contributed by atoms with van der Waals surface area (Å²) in [7, 11) is 0. The van der Waals surface area contributed by atoms with E-state index in [9.17, 15) is 0 Å². The molecule has 1 aromatic heterocycles. The van der Waals surface area contributed by atoms with Gasteiger partial charge >= 0.3 is 0 Å². The van der Waals surface area contributed by atoms with E-state index in [0.29, 0.717) is 5.02 Å². The molecule has 0 aliphatic carbocycles. The lowest BCUT2D eigenvalue weighted by Gasteiger charge is -2.40. The van der Waals surface area contributed by atoms with E-state index in [1.165, 1.54) is 0 Å². The zero-order valence-corrected chi connectivity index (χ0v) is 15.3. The van der Waals surface area contributed by atoms with E-state index in [2.05, 4.69) is 51.0 Å². The molecule has 0 aliphatic rings. The molecular formula is C19H26ClN3. The Morgan fingerprint density at radius 1 is 1.09 bits per heavy atom. The van der Waals surface area contributed by atoms with Crippen LogP contribution in [0.15, 0.2) is 42.6 Å². The highest BCUT2D eigenvalue weighted by Gasteiger charge is 2.36. The molecule has 1 aromatic carbocycles. The molecule has 1 heterocycles. The Kier molecular flexibility index (Phi) is 5.02. The molecule has 4 heteroatoms. The number of nitrogens with one attached hydrogen (secondary N) is 1. The molecule has 0 radical (unpaired) electrons. The maximum Gasteiger partial charge on any atom is 0.130 e. The lowest BCUT2D eigenvalue weighted by molar-refractivity contribution is 0.226. The molecular weight excluding hydrogens is 306 g/mol. The first-order chi connectivity index (χ1) is 10.6. The van der Waals surface area contributed by atoms with E-state index in [0.717, 1.165) is 17.1 Å². The van der Waals surface area contributed by atoms with Gasteiger partial charge in [0.2, 0.25) is 0 Å². The van der Waals surface area contributed by atoms with Crippen LogP contribution >= 0.6 is 11.6 Å². The second kappa shape index (κ2) is 6.50. The average Bonchev–Trinajstić information content (AvgIpc) is 2.46. The topological polar surface area (TPSA) is 50.9 Å². The number of rotatable bonds is 4. The van der Waals surface area contributed by atoms with Crippen LogP contribution in [0.25, 0.3) is 0 Å². The molecule has 0 saturated carbocycles. The molecule has 3 nitrogen and oxygen atoms in total. The highest BCUT2D eigenvalue weighted by atomic mass is 35.5. The largest absolute Gasteiger partial charge is 0.340 e. The average molecular weight is 332 g/mol. The van der Waals surface area contributed by atoms with Gasteiger partial charge in [-0.2, -0.15) is 0 Å². The molecule has 0 bridgehead atoms. The first kappa shape index (κ1) is 17.8. The lowest BCUT2D eigenvalue weighted by Crippen LogP contribution is -2.49. The van der Waals surface area contributed by atoms with Gasteiger partial charge in [0.1, 0.15) is 5.82 Å². The zero-order valence-electron chi connectivity index (χ0n) is 14.5. The second-order valence-electron chi connectivity index (χ2n) is 7.63. The zero-order chi connectivity index (χ0) is 17.3. The van der Waals surface area contributed by atoms with Crippen molar-refractivity contribution in [3.8, 4) is 0 Å². The van der Waals surface area contributed by atoms with Gasteiger partial charge in [-0.3, -0.25) is 0 Å². The Morgan fingerprint density at radius 3 is 2.30 bits per heavy atom. The van der Waals surface area contributed by atoms with Crippen molar-refractivity contribution in [2.24, 2.45) is 11.1 Å². The minimum Gasteiger partial charge on any atom is -0.340 e. The van der Waals surface area contributed by atoms with Crippen molar-refractivity contribution in [1.82, 2.24) is 4.98 Å². The summed E-state index contributed by atoms with van der Waals surface area (Å²) in [5, 5.41) is 3.95.